The molecule has 1 amide bonds. The van der Waals surface area contributed by atoms with Crippen molar-refractivity contribution in [1.82, 2.24) is 9.78 Å². The number of carbonyl (C=O) groups excluding carboxylic acids is 1. The molecule has 0 fully saturated rings. The molecule has 0 bridgehead atoms. The van der Waals surface area contributed by atoms with E-state index < -0.39 is 0 Å². The molecular formula is C14H17N3O. The average Bonchev–Trinajstić information content (AvgIpc) is 2.78. The summed E-state index contributed by atoms with van der Waals surface area (Å²) in [5.74, 6) is 0.0176. The summed E-state index contributed by atoms with van der Waals surface area (Å²) in [6.07, 6.45) is 4.22. The predicted octanol–water partition coefficient (Wildman–Crippen LogP) is 2.74. The van der Waals surface area contributed by atoms with Crippen LogP contribution in [0.15, 0.2) is 30.6 Å². The van der Waals surface area contributed by atoms with E-state index in [2.05, 4.69) is 16.5 Å². The van der Waals surface area contributed by atoms with E-state index in [0.717, 1.165) is 22.4 Å². The Balaban J connectivity index is 2.44. The summed E-state index contributed by atoms with van der Waals surface area (Å²) in [4.78, 5) is 11.5. The Morgan fingerprint density at radius 3 is 2.83 bits per heavy atom. The van der Waals surface area contributed by atoms with Crippen LogP contribution in [0.1, 0.15) is 18.9 Å². The van der Waals surface area contributed by atoms with Crippen LogP contribution in [-0.2, 0) is 11.8 Å². The maximum absolute atomic E-state index is 11.5. The van der Waals surface area contributed by atoms with Gasteiger partial charge in [-0.1, -0.05) is 18.6 Å². The summed E-state index contributed by atoms with van der Waals surface area (Å²) in [6.45, 7) is 3.87. The molecule has 2 rings (SSSR count). The SMILES string of the molecule is CCC(=O)Nc1ccc(C)cc1-c1cnn(C)c1. The molecule has 0 radical (unpaired) electrons. The molecule has 94 valence electrons. The van der Waals surface area contributed by atoms with Crippen molar-refractivity contribution in [2.45, 2.75) is 20.3 Å². The molecule has 0 aliphatic rings. The maximum atomic E-state index is 11.5. The summed E-state index contributed by atoms with van der Waals surface area (Å²) in [5.41, 5.74) is 4.00. The van der Waals surface area contributed by atoms with E-state index >= 15 is 0 Å². The van der Waals surface area contributed by atoms with Crippen molar-refractivity contribution >= 4 is 11.6 Å². The normalized spacial score (nSPS) is 10.4. The van der Waals surface area contributed by atoms with Gasteiger partial charge < -0.3 is 5.32 Å². The number of amides is 1. The second kappa shape index (κ2) is 5.04. The van der Waals surface area contributed by atoms with Gasteiger partial charge >= 0.3 is 0 Å². The molecule has 0 unspecified atom stereocenters. The Kier molecular flexibility index (Phi) is 3.46. The molecule has 1 heterocycles. The van der Waals surface area contributed by atoms with Crippen molar-refractivity contribution in [2.75, 3.05) is 5.32 Å². The number of nitrogens with zero attached hydrogens (tertiary/aromatic N) is 2. The number of hydrogen-bond acceptors (Lipinski definition) is 2. The molecule has 2 aromatic rings. The van der Waals surface area contributed by atoms with E-state index in [1.807, 2.05) is 39.2 Å². The molecule has 1 N–H and O–H groups in total. The molecule has 0 saturated heterocycles. The Labute approximate surface area is 107 Å². The molecule has 0 spiro atoms. The Morgan fingerprint density at radius 1 is 1.44 bits per heavy atom. The van der Waals surface area contributed by atoms with E-state index in [-0.39, 0.29) is 5.91 Å². The zero-order chi connectivity index (χ0) is 13.1. The number of rotatable bonds is 3. The lowest BCUT2D eigenvalue weighted by atomic mass is 10.0. The third-order valence-corrected chi connectivity index (χ3v) is 2.79. The van der Waals surface area contributed by atoms with Gasteiger partial charge in [0.05, 0.1) is 6.20 Å². The van der Waals surface area contributed by atoms with E-state index in [4.69, 9.17) is 0 Å². The van der Waals surface area contributed by atoms with Gasteiger partial charge in [-0.3, -0.25) is 9.48 Å². The van der Waals surface area contributed by atoms with Gasteiger partial charge in [-0.05, 0) is 19.1 Å². The summed E-state index contributed by atoms with van der Waals surface area (Å²) >= 11 is 0. The number of hydrogen-bond donors (Lipinski definition) is 1. The minimum absolute atomic E-state index is 0.0176. The fraction of sp³-hybridized carbons (Fsp3) is 0.286. The summed E-state index contributed by atoms with van der Waals surface area (Å²) in [7, 11) is 1.88. The van der Waals surface area contributed by atoms with Crippen molar-refractivity contribution in [1.29, 1.82) is 0 Å². The van der Waals surface area contributed by atoms with E-state index in [9.17, 15) is 4.79 Å². The molecule has 4 heteroatoms. The first kappa shape index (κ1) is 12.4. The highest BCUT2D eigenvalue weighted by atomic mass is 16.1. The van der Waals surface area contributed by atoms with E-state index in [1.54, 1.807) is 10.9 Å². The molecule has 18 heavy (non-hydrogen) atoms. The summed E-state index contributed by atoms with van der Waals surface area (Å²) < 4.78 is 1.75. The smallest absolute Gasteiger partial charge is 0.224 e. The number of aryl methyl sites for hydroxylation is 2. The summed E-state index contributed by atoms with van der Waals surface area (Å²) in [5, 5.41) is 7.09. The minimum atomic E-state index is 0.0176. The van der Waals surface area contributed by atoms with Crippen LogP contribution in [-0.4, -0.2) is 15.7 Å². The third kappa shape index (κ3) is 2.59. The third-order valence-electron chi connectivity index (χ3n) is 2.79. The van der Waals surface area contributed by atoms with Crippen LogP contribution < -0.4 is 5.32 Å². The van der Waals surface area contributed by atoms with Crippen LogP contribution in [0.5, 0.6) is 0 Å². The molecule has 0 aliphatic heterocycles. The molecule has 0 saturated carbocycles. The molecular weight excluding hydrogens is 226 g/mol. The lowest BCUT2D eigenvalue weighted by Crippen LogP contribution is -2.10. The second-order valence-electron chi connectivity index (χ2n) is 4.35. The fourth-order valence-corrected chi connectivity index (χ4v) is 1.80. The van der Waals surface area contributed by atoms with Crippen LogP contribution in [0.3, 0.4) is 0 Å². The maximum Gasteiger partial charge on any atom is 0.224 e. The first-order chi connectivity index (χ1) is 8.60. The molecule has 4 nitrogen and oxygen atoms in total. The number of nitrogens with one attached hydrogen (secondary N) is 1. The van der Waals surface area contributed by atoms with Crippen LogP contribution in [0.25, 0.3) is 11.1 Å². The number of benzene rings is 1. The highest BCUT2D eigenvalue weighted by Gasteiger charge is 2.09. The van der Waals surface area contributed by atoms with Crippen LogP contribution in [0, 0.1) is 6.92 Å². The van der Waals surface area contributed by atoms with Gasteiger partial charge in [-0.2, -0.15) is 5.10 Å². The van der Waals surface area contributed by atoms with Gasteiger partial charge in [-0.25, -0.2) is 0 Å². The highest BCUT2D eigenvalue weighted by Crippen LogP contribution is 2.28. The van der Waals surface area contributed by atoms with Crippen molar-refractivity contribution in [2.24, 2.45) is 7.05 Å². The lowest BCUT2D eigenvalue weighted by Gasteiger charge is -2.10. The monoisotopic (exact) mass is 243 g/mol. The van der Waals surface area contributed by atoms with Gasteiger partial charge in [0.2, 0.25) is 5.91 Å². The topological polar surface area (TPSA) is 46.9 Å². The van der Waals surface area contributed by atoms with Gasteiger partial charge in [-0.15, -0.1) is 0 Å². The van der Waals surface area contributed by atoms with E-state index in [0.29, 0.717) is 6.42 Å². The average molecular weight is 243 g/mol. The Hall–Kier alpha value is -2.10. The van der Waals surface area contributed by atoms with Gasteiger partial charge in [0.25, 0.3) is 0 Å². The molecule has 1 aromatic heterocycles. The number of aromatic nitrogens is 2. The van der Waals surface area contributed by atoms with Gasteiger partial charge in [0.1, 0.15) is 0 Å². The largest absolute Gasteiger partial charge is 0.326 e. The standard InChI is InChI=1S/C14H17N3O/c1-4-14(18)16-13-6-5-10(2)7-12(13)11-8-15-17(3)9-11/h5-9H,4H2,1-3H3,(H,16,18). The minimum Gasteiger partial charge on any atom is -0.326 e. The molecule has 1 aromatic carbocycles. The zero-order valence-corrected chi connectivity index (χ0v) is 10.9. The van der Waals surface area contributed by atoms with Crippen LogP contribution in [0.4, 0.5) is 5.69 Å². The van der Waals surface area contributed by atoms with E-state index in [1.165, 1.54) is 0 Å². The first-order valence-electron chi connectivity index (χ1n) is 5.99. The lowest BCUT2D eigenvalue weighted by molar-refractivity contribution is -0.115. The second-order valence-corrected chi connectivity index (χ2v) is 4.35. The Bertz CT molecular complexity index is 572. The van der Waals surface area contributed by atoms with Crippen LogP contribution >= 0.6 is 0 Å². The Morgan fingerprint density at radius 2 is 2.22 bits per heavy atom. The number of anilines is 1. The van der Waals surface area contributed by atoms with Crippen molar-refractivity contribution in [3.05, 3.63) is 36.2 Å². The predicted molar refractivity (Wildman–Crippen MR) is 72.3 cm³/mol. The summed E-state index contributed by atoms with van der Waals surface area (Å²) in [6, 6.07) is 5.98. The highest BCUT2D eigenvalue weighted by molar-refractivity contribution is 5.95. The van der Waals surface area contributed by atoms with Crippen molar-refractivity contribution in [3.8, 4) is 11.1 Å². The first-order valence-corrected chi connectivity index (χ1v) is 5.99. The quantitative estimate of drug-likeness (QED) is 0.901. The fourth-order valence-electron chi connectivity index (χ4n) is 1.80. The number of carbonyl (C=O) groups is 1. The van der Waals surface area contributed by atoms with Gasteiger partial charge in [0.15, 0.2) is 0 Å². The zero-order valence-electron chi connectivity index (χ0n) is 10.9. The van der Waals surface area contributed by atoms with Gasteiger partial charge in [0, 0.05) is 36.5 Å². The van der Waals surface area contributed by atoms with Crippen molar-refractivity contribution in [3.63, 3.8) is 0 Å². The van der Waals surface area contributed by atoms with Crippen LogP contribution in [0.2, 0.25) is 0 Å². The van der Waals surface area contributed by atoms with Crippen molar-refractivity contribution < 1.29 is 4.79 Å². The molecule has 0 aliphatic carbocycles. The molecule has 0 atom stereocenters.